The maximum atomic E-state index is 14.3. The number of carbonyl (C=O) groups excluding carboxylic acids is 3. The lowest BCUT2D eigenvalue weighted by molar-refractivity contribution is -0.150. The molecule has 0 bridgehead atoms. The summed E-state index contributed by atoms with van der Waals surface area (Å²) in [6, 6.07) is 17.8. The molecule has 19 nitrogen and oxygen atoms in total. The summed E-state index contributed by atoms with van der Waals surface area (Å²) in [4.78, 5) is 39.3. The topological polar surface area (TPSA) is 224 Å². The highest BCUT2D eigenvalue weighted by molar-refractivity contribution is 7.89. The molecule has 3 aromatic carbocycles. The molecule has 0 saturated carbocycles. The molecule has 0 radical (unpaired) electrons. The maximum absolute atomic E-state index is 14.3. The molecule has 65 heavy (non-hydrogen) atoms. The molecule has 2 aliphatic heterocycles. The summed E-state index contributed by atoms with van der Waals surface area (Å²) in [6.45, 7) is 7.24. The Morgan fingerprint density at radius 1 is 0.938 bits per heavy atom. The number of benzene rings is 3. The Morgan fingerprint density at radius 3 is 2.31 bits per heavy atom. The van der Waals surface area contributed by atoms with Crippen molar-refractivity contribution in [3.63, 3.8) is 0 Å². The lowest BCUT2D eigenvalue weighted by atomic mass is 10.0. The molecule has 2 N–H and O–H groups in total. The van der Waals surface area contributed by atoms with Gasteiger partial charge in [-0.3, -0.25) is 4.52 Å². The quantitative estimate of drug-likeness (QED) is 0.0673. The molecule has 21 heteroatoms. The van der Waals surface area contributed by atoms with Crippen LogP contribution in [0, 0.1) is 11.8 Å². The number of hydrogen-bond donors (Lipinski definition) is 2. The van der Waals surface area contributed by atoms with Crippen LogP contribution in [0.3, 0.4) is 0 Å². The second-order valence-electron chi connectivity index (χ2n) is 16.0. The Kier molecular flexibility index (Phi) is 18.4. The van der Waals surface area contributed by atoms with Crippen LogP contribution in [-0.4, -0.2) is 132 Å². The molecule has 0 spiro atoms. The van der Waals surface area contributed by atoms with Gasteiger partial charge in [0, 0.05) is 26.7 Å². The zero-order chi connectivity index (χ0) is 47.3. The molecule has 0 aliphatic carbocycles. The summed E-state index contributed by atoms with van der Waals surface area (Å²) < 4.78 is 92.8. The van der Waals surface area contributed by atoms with Crippen molar-refractivity contribution in [1.29, 1.82) is 0 Å². The molecule has 1 unspecified atom stereocenters. The first-order valence-electron chi connectivity index (χ1n) is 21.2. The monoisotopic (exact) mass is 949 g/mol. The number of rotatable bonds is 23. The molecule has 7 atom stereocenters. The van der Waals surface area contributed by atoms with Gasteiger partial charge in [-0.1, -0.05) is 38.1 Å². The highest BCUT2D eigenvalue weighted by atomic mass is 32.2. The minimum Gasteiger partial charge on any atom is -0.497 e. The van der Waals surface area contributed by atoms with Crippen molar-refractivity contribution in [1.82, 2.24) is 14.5 Å². The van der Waals surface area contributed by atoms with Gasteiger partial charge in [-0.2, -0.15) is 4.31 Å². The van der Waals surface area contributed by atoms with Crippen LogP contribution in [0.15, 0.2) is 77.7 Å². The predicted octanol–water partition coefficient (Wildman–Crippen LogP) is 5.58. The number of sulfonamides is 1. The van der Waals surface area contributed by atoms with Crippen molar-refractivity contribution >= 4 is 35.8 Å². The van der Waals surface area contributed by atoms with E-state index in [0.29, 0.717) is 29.9 Å². The van der Waals surface area contributed by atoms with E-state index in [1.165, 1.54) is 60.7 Å². The summed E-state index contributed by atoms with van der Waals surface area (Å²) in [5, 5.41) is 14.6. The summed E-state index contributed by atoms with van der Waals surface area (Å²) in [6.07, 6.45) is -5.10. The normalized spacial score (nSPS) is 19.3. The number of aliphatic hydroxyl groups is 1. The van der Waals surface area contributed by atoms with Gasteiger partial charge in [0.25, 0.3) is 0 Å². The van der Waals surface area contributed by atoms with Crippen LogP contribution in [0.5, 0.6) is 17.2 Å². The fourth-order valence-electron chi connectivity index (χ4n) is 7.17. The summed E-state index contributed by atoms with van der Waals surface area (Å²) in [5.74, 6) is -0.195. The fourth-order valence-corrected chi connectivity index (χ4v) is 10.3. The summed E-state index contributed by atoms with van der Waals surface area (Å²) in [7, 11) is -4.09. The smallest absolute Gasteiger partial charge is 0.417 e. The first-order chi connectivity index (χ1) is 30.9. The Labute approximate surface area is 380 Å². The van der Waals surface area contributed by atoms with Gasteiger partial charge in [0.15, 0.2) is 12.4 Å². The van der Waals surface area contributed by atoms with Crippen molar-refractivity contribution in [2.24, 2.45) is 11.8 Å². The van der Waals surface area contributed by atoms with E-state index in [1.807, 2.05) is 13.8 Å². The average molecular weight is 950 g/mol. The average Bonchev–Trinajstić information content (AvgIpc) is 3.90. The maximum Gasteiger partial charge on any atom is 0.417 e. The van der Waals surface area contributed by atoms with E-state index in [9.17, 15) is 32.5 Å². The number of nitrogens with zero attached hydrogens (tertiary/aromatic N) is 2. The lowest BCUT2D eigenvalue weighted by Gasteiger charge is -2.31. The highest BCUT2D eigenvalue weighted by Gasteiger charge is 2.44. The van der Waals surface area contributed by atoms with Crippen LogP contribution < -0.4 is 19.3 Å². The van der Waals surface area contributed by atoms with E-state index >= 15 is 0 Å². The number of methoxy groups -OCH3 is 2. The van der Waals surface area contributed by atoms with Crippen molar-refractivity contribution in [2.75, 3.05) is 60.5 Å². The Bertz CT molecular complexity index is 2200. The van der Waals surface area contributed by atoms with Crippen molar-refractivity contribution in [3.05, 3.63) is 83.9 Å². The number of ether oxygens (including phenoxy) is 7. The van der Waals surface area contributed by atoms with Gasteiger partial charge < -0.3 is 53.0 Å². The Morgan fingerprint density at radius 2 is 1.65 bits per heavy atom. The third kappa shape index (κ3) is 14.5. The number of carbonyl (C=O) groups is 3. The Hall–Kier alpha value is -4.95. The zero-order valence-electron chi connectivity index (χ0n) is 37.7. The van der Waals surface area contributed by atoms with E-state index in [2.05, 4.69) is 5.32 Å². The van der Waals surface area contributed by atoms with E-state index in [4.69, 9.17) is 42.2 Å². The molecule has 358 valence electrons. The van der Waals surface area contributed by atoms with Gasteiger partial charge in [-0.15, -0.1) is 0 Å². The Balaban J connectivity index is 1.34. The third-order valence-corrected chi connectivity index (χ3v) is 13.8. The molecule has 3 aromatic rings. The summed E-state index contributed by atoms with van der Waals surface area (Å²) in [5.41, 5.74) is 1.23. The van der Waals surface area contributed by atoms with E-state index in [0.717, 1.165) is 0 Å². The lowest BCUT2D eigenvalue weighted by Crippen LogP contribution is -2.51. The van der Waals surface area contributed by atoms with E-state index in [-0.39, 0.29) is 67.5 Å². The van der Waals surface area contributed by atoms with E-state index < -0.39 is 72.8 Å². The molecule has 2 amide bonds. The molecule has 5 rings (SSSR count). The SMILES string of the molecule is CCOC(=O)[C@H](C)OP(=O)(COc1ccc(C[C@H](NC(=O)O[C@H]2CO[C@H]3OCC[C@H]32)[C@H](O)CN(CC(C)C)S(=O)(=O)c2ccc(OC)cc2)cc1)Oc1cccc(CN(C)C(=O)OC)c1. The molecule has 2 aliphatic rings. The van der Waals surface area contributed by atoms with Gasteiger partial charge >= 0.3 is 25.8 Å². The number of nitrogens with one attached hydrogen (secondary N) is 1. The van der Waals surface area contributed by atoms with Crippen LogP contribution in [0.4, 0.5) is 9.59 Å². The van der Waals surface area contributed by atoms with Crippen LogP contribution in [0.25, 0.3) is 0 Å². The standard InChI is InChI=1S/C44H60N3O16PS/c1-8-57-41(49)30(4)62-64(52,63-35-11-9-10-32(22-35)25-46(5)44(51)56-7)28-60-34-14-12-31(13-15-34)23-38(45-43(50)61-40-27-59-42-37(40)20-21-58-42)39(48)26-47(24-29(2)3)65(53,54)36-18-16-33(55-6)17-19-36/h9-19,22,29-30,37-40,42,48H,8,20-21,23-28H2,1-7H3,(H,45,50)/t30-,37-,38-,39+,40-,42+,64?/m0/s1. The van der Waals surface area contributed by atoms with Crippen LogP contribution in [0.2, 0.25) is 0 Å². The van der Waals surface area contributed by atoms with Crippen molar-refractivity contribution in [3.8, 4) is 17.2 Å². The van der Waals surface area contributed by atoms with E-state index in [1.54, 1.807) is 56.4 Å². The van der Waals surface area contributed by atoms with Crippen molar-refractivity contribution in [2.45, 2.75) is 82.6 Å². The number of amides is 2. The van der Waals surface area contributed by atoms with Gasteiger partial charge in [0.1, 0.15) is 23.4 Å². The van der Waals surface area contributed by atoms with Gasteiger partial charge in [-0.05, 0) is 92.3 Å². The third-order valence-electron chi connectivity index (χ3n) is 10.4. The summed E-state index contributed by atoms with van der Waals surface area (Å²) >= 11 is 0. The van der Waals surface area contributed by atoms with Gasteiger partial charge in [-0.25, -0.2) is 27.4 Å². The first-order valence-corrected chi connectivity index (χ1v) is 24.4. The number of alkyl carbamates (subject to hydrolysis) is 1. The minimum atomic E-state index is -4.27. The van der Waals surface area contributed by atoms with Crippen molar-refractivity contribution < 1.29 is 74.7 Å². The molecule has 0 aromatic heterocycles. The van der Waals surface area contributed by atoms with Crippen LogP contribution in [0.1, 0.15) is 45.2 Å². The van der Waals surface area contributed by atoms with Gasteiger partial charge in [0.05, 0.1) is 57.0 Å². The molecule has 2 heterocycles. The largest absolute Gasteiger partial charge is 0.497 e. The number of aliphatic hydroxyl groups excluding tert-OH is 1. The molecule has 2 fully saturated rings. The molecule has 2 saturated heterocycles. The number of fused-ring (bicyclic) bond motifs is 1. The van der Waals surface area contributed by atoms with Crippen LogP contribution in [-0.2, 0) is 60.6 Å². The van der Waals surface area contributed by atoms with Crippen LogP contribution >= 0.6 is 7.60 Å². The first kappa shape index (κ1) is 51.0. The predicted molar refractivity (Wildman–Crippen MR) is 235 cm³/mol. The molecular weight excluding hydrogens is 890 g/mol. The minimum absolute atomic E-state index is 0.00733. The second-order valence-corrected chi connectivity index (χ2v) is 19.8. The number of hydrogen-bond acceptors (Lipinski definition) is 16. The fraction of sp³-hybridized carbons (Fsp3) is 0.523. The van der Waals surface area contributed by atoms with Gasteiger partial charge in [0.2, 0.25) is 16.4 Å². The zero-order valence-corrected chi connectivity index (χ0v) is 39.4. The highest BCUT2D eigenvalue weighted by Crippen LogP contribution is 2.50. The number of esters is 1. The second kappa shape index (κ2) is 23.5. The molecular formula is C44H60N3O16PS.